The van der Waals surface area contributed by atoms with Crippen molar-refractivity contribution in [2.75, 3.05) is 19.7 Å². The van der Waals surface area contributed by atoms with Crippen LogP contribution in [0.4, 0.5) is 4.79 Å². The number of hydrogen-bond donors (Lipinski definition) is 3. The molecule has 0 heterocycles. The maximum Gasteiger partial charge on any atom is 0.314 e. The van der Waals surface area contributed by atoms with Crippen LogP contribution < -0.4 is 10.6 Å². The smallest absolute Gasteiger partial charge is 0.314 e. The molecule has 0 spiro atoms. The molecule has 0 aromatic rings. The molecule has 0 fully saturated rings. The van der Waals surface area contributed by atoms with Gasteiger partial charge in [-0.05, 0) is 44.9 Å². The highest BCUT2D eigenvalue weighted by molar-refractivity contribution is 5.73. The summed E-state index contributed by atoms with van der Waals surface area (Å²) in [6, 6.07) is -0.0365. The number of aliphatic hydroxyl groups excluding tert-OH is 1. The minimum absolute atomic E-state index is 0.0365. The molecule has 4 heteroatoms. The van der Waals surface area contributed by atoms with Crippen LogP contribution in [0.3, 0.4) is 0 Å². The second-order valence-corrected chi connectivity index (χ2v) is 5.43. The minimum Gasteiger partial charge on any atom is -0.396 e. The van der Waals surface area contributed by atoms with E-state index < -0.39 is 0 Å². The van der Waals surface area contributed by atoms with Crippen molar-refractivity contribution in [3.63, 3.8) is 0 Å². The van der Waals surface area contributed by atoms with Gasteiger partial charge in [0, 0.05) is 19.7 Å². The van der Waals surface area contributed by atoms with E-state index in [1.165, 1.54) is 12.8 Å². The third-order valence-corrected chi connectivity index (χ3v) is 3.34. The molecule has 0 aliphatic heterocycles. The third-order valence-electron chi connectivity index (χ3n) is 3.34. The van der Waals surface area contributed by atoms with Gasteiger partial charge < -0.3 is 15.7 Å². The van der Waals surface area contributed by atoms with E-state index in [0.717, 1.165) is 64.5 Å². The van der Waals surface area contributed by atoms with Crippen LogP contribution in [0.5, 0.6) is 0 Å². The van der Waals surface area contributed by atoms with E-state index >= 15 is 0 Å². The fourth-order valence-corrected chi connectivity index (χ4v) is 2.01. The maximum atomic E-state index is 11.4. The van der Waals surface area contributed by atoms with Crippen molar-refractivity contribution < 1.29 is 9.90 Å². The molecule has 124 valence electrons. The summed E-state index contributed by atoms with van der Waals surface area (Å²) >= 11 is 0. The van der Waals surface area contributed by atoms with Crippen LogP contribution >= 0.6 is 0 Å². The fraction of sp³-hybridized carbons (Fsp3) is 0.824. The van der Waals surface area contributed by atoms with Gasteiger partial charge in [-0.25, -0.2) is 4.79 Å². The van der Waals surface area contributed by atoms with Gasteiger partial charge in [0.15, 0.2) is 0 Å². The van der Waals surface area contributed by atoms with Crippen LogP contribution in [0.1, 0.15) is 71.1 Å². The van der Waals surface area contributed by atoms with Crippen molar-refractivity contribution in [1.82, 2.24) is 10.6 Å². The molecule has 0 saturated carbocycles. The van der Waals surface area contributed by atoms with E-state index in [-0.39, 0.29) is 6.03 Å². The molecule has 0 radical (unpaired) electrons. The average Bonchev–Trinajstić information content (AvgIpc) is 2.49. The van der Waals surface area contributed by atoms with Crippen molar-refractivity contribution in [3.05, 3.63) is 12.2 Å². The van der Waals surface area contributed by atoms with Gasteiger partial charge in [0.25, 0.3) is 0 Å². The first-order chi connectivity index (χ1) is 10.3. The van der Waals surface area contributed by atoms with Crippen molar-refractivity contribution in [2.24, 2.45) is 0 Å². The van der Waals surface area contributed by atoms with E-state index in [9.17, 15) is 4.79 Å². The molecule has 0 aliphatic carbocycles. The van der Waals surface area contributed by atoms with Gasteiger partial charge in [-0.1, -0.05) is 38.3 Å². The Kier molecular flexibility index (Phi) is 16.2. The molecule has 0 atom stereocenters. The molecule has 0 aromatic heterocycles. The summed E-state index contributed by atoms with van der Waals surface area (Å²) in [7, 11) is 0. The van der Waals surface area contributed by atoms with E-state index in [2.05, 4.69) is 29.7 Å². The van der Waals surface area contributed by atoms with Crippen molar-refractivity contribution >= 4 is 6.03 Å². The molecule has 0 aliphatic rings. The first-order valence-corrected chi connectivity index (χ1v) is 8.58. The zero-order valence-electron chi connectivity index (χ0n) is 13.7. The van der Waals surface area contributed by atoms with Crippen molar-refractivity contribution in [2.45, 2.75) is 71.1 Å². The van der Waals surface area contributed by atoms with Gasteiger partial charge in [0.05, 0.1) is 0 Å². The zero-order chi connectivity index (χ0) is 15.6. The number of hydrogen-bond acceptors (Lipinski definition) is 2. The Bertz CT molecular complexity index is 255. The monoisotopic (exact) mass is 298 g/mol. The highest BCUT2D eigenvalue weighted by Crippen LogP contribution is 2.02. The lowest BCUT2D eigenvalue weighted by Crippen LogP contribution is -2.36. The van der Waals surface area contributed by atoms with Gasteiger partial charge in [0.2, 0.25) is 0 Å². The standard InChI is InChI=1S/C17H34N2O2/c1-2-3-11-14-18-17(21)19-15-12-9-7-5-4-6-8-10-13-16-20/h4-5,20H,2-3,6-16H2,1H3,(H2,18,19,21). The lowest BCUT2D eigenvalue weighted by atomic mass is 10.1. The molecule has 3 N–H and O–H groups in total. The first-order valence-electron chi connectivity index (χ1n) is 8.58. The summed E-state index contributed by atoms with van der Waals surface area (Å²) in [5.41, 5.74) is 0. The SMILES string of the molecule is CCCCCNC(=O)NCCCCC=CCCCCCO. The van der Waals surface area contributed by atoms with Crippen molar-refractivity contribution in [3.8, 4) is 0 Å². The lowest BCUT2D eigenvalue weighted by molar-refractivity contribution is 0.240. The van der Waals surface area contributed by atoms with Crippen LogP contribution in [-0.2, 0) is 0 Å². The molecule has 0 unspecified atom stereocenters. The Morgan fingerprint density at radius 3 is 2.00 bits per heavy atom. The Balaban J connectivity index is 3.20. The summed E-state index contributed by atoms with van der Waals surface area (Å²) in [6.45, 7) is 4.00. The third kappa shape index (κ3) is 16.9. The van der Waals surface area contributed by atoms with Crippen LogP contribution in [0, 0.1) is 0 Å². The molecule has 4 nitrogen and oxygen atoms in total. The normalized spacial score (nSPS) is 11.0. The minimum atomic E-state index is -0.0365. The molecule has 0 saturated heterocycles. The van der Waals surface area contributed by atoms with Crippen LogP contribution in [0.25, 0.3) is 0 Å². The predicted molar refractivity (Wildman–Crippen MR) is 89.5 cm³/mol. The molecule has 0 rings (SSSR count). The number of nitrogens with one attached hydrogen (secondary N) is 2. The van der Waals surface area contributed by atoms with Gasteiger partial charge in [-0.2, -0.15) is 0 Å². The van der Waals surface area contributed by atoms with Gasteiger partial charge in [-0.3, -0.25) is 0 Å². The second kappa shape index (κ2) is 17.0. The summed E-state index contributed by atoms with van der Waals surface area (Å²) in [6.07, 6.45) is 15.4. The summed E-state index contributed by atoms with van der Waals surface area (Å²) in [5, 5.41) is 14.4. The van der Waals surface area contributed by atoms with Crippen LogP contribution in [0.2, 0.25) is 0 Å². The van der Waals surface area contributed by atoms with Gasteiger partial charge in [-0.15, -0.1) is 0 Å². The Morgan fingerprint density at radius 2 is 1.43 bits per heavy atom. The van der Waals surface area contributed by atoms with Gasteiger partial charge >= 0.3 is 6.03 Å². The Labute approximate surface area is 130 Å². The molecule has 0 aromatic carbocycles. The number of unbranched alkanes of at least 4 members (excludes halogenated alkanes) is 7. The number of amides is 2. The lowest BCUT2D eigenvalue weighted by Gasteiger charge is -2.06. The number of rotatable bonds is 14. The second-order valence-electron chi connectivity index (χ2n) is 5.43. The number of allylic oxidation sites excluding steroid dienone is 2. The largest absolute Gasteiger partial charge is 0.396 e. The highest BCUT2D eigenvalue weighted by Gasteiger charge is 1.97. The first kappa shape index (κ1) is 20.0. The summed E-state index contributed by atoms with van der Waals surface area (Å²) < 4.78 is 0. The fourth-order valence-electron chi connectivity index (χ4n) is 2.01. The average molecular weight is 298 g/mol. The summed E-state index contributed by atoms with van der Waals surface area (Å²) in [4.78, 5) is 11.4. The number of urea groups is 1. The number of aliphatic hydroxyl groups is 1. The Hall–Kier alpha value is -1.03. The van der Waals surface area contributed by atoms with Gasteiger partial charge in [0.1, 0.15) is 0 Å². The molecule has 0 bridgehead atoms. The van der Waals surface area contributed by atoms with Crippen LogP contribution in [-0.4, -0.2) is 30.8 Å². The summed E-state index contributed by atoms with van der Waals surface area (Å²) in [5.74, 6) is 0. The molecular formula is C17H34N2O2. The highest BCUT2D eigenvalue weighted by atomic mass is 16.2. The van der Waals surface area contributed by atoms with E-state index in [1.807, 2.05) is 0 Å². The zero-order valence-corrected chi connectivity index (χ0v) is 13.7. The predicted octanol–water partition coefficient (Wildman–Crippen LogP) is 3.76. The van der Waals surface area contributed by atoms with E-state index in [0.29, 0.717) is 6.61 Å². The molecule has 21 heavy (non-hydrogen) atoms. The molecular weight excluding hydrogens is 264 g/mol. The number of carbonyl (C=O) groups excluding carboxylic acids is 1. The number of carbonyl (C=O) groups is 1. The van der Waals surface area contributed by atoms with Crippen LogP contribution in [0.15, 0.2) is 12.2 Å². The topological polar surface area (TPSA) is 61.4 Å². The van der Waals surface area contributed by atoms with E-state index in [1.54, 1.807) is 0 Å². The Morgan fingerprint density at radius 1 is 0.857 bits per heavy atom. The van der Waals surface area contributed by atoms with E-state index in [4.69, 9.17) is 5.11 Å². The maximum absolute atomic E-state index is 11.4. The molecule has 2 amide bonds. The van der Waals surface area contributed by atoms with Crippen molar-refractivity contribution in [1.29, 1.82) is 0 Å². The quantitative estimate of drug-likeness (QED) is 0.338.